The third kappa shape index (κ3) is 6.70. The number of halogens is 2. The molecule has 0 aliphatic heterocycles. The summed E-state index contributed by atoms with van der Waals surface area (Å²) in [7, 11) is 0. The van der Waals surface area contributed by atoms with Gasteiger partial charge in [0.1, 0.15) is 51.0 Å². The SMILES string of the molecule is N#CCCn1cc[n+](Cc2cccc(C[n+]3ccn(CCC#N)c3)n2)c1.[Cl-].[Cl-]. The normalized spacial score (nSPS) is 9.64. The molecule has 0 bridgehead atoms. The van der Waals surface area contributed by atoms with Gasteiger partial charge in [0.15, 0.2) is 0 Å². The summed E-state index contributed by atoms with van der Waals surface area (Å²) >= 11 is 0. The smallest absolute Gasteiger partial charge is 0.244 e. The number of hydrogen-bond donors (Lipinski definition) is 0. The average Bonchev–Trinajstić information content (AvgIpc) is 3.28. The zero-order valence-electron chi connectivity index (χ0n) is 15.3. The Labute approximate surface area is 176 Å². The predicted octanol–water partition coefficient (Wildman–Crippen LogP) is -4.81. The molecule has 3 aromatic heterocycles. The number of rotatable bonds is 8. The summed E-state index contributed by atoms with van der Waals surface area (Å²) in [6, 6.07) is 10.4. The van der Waals surface area contributed by atoms with Crippen LogP contribution in [0.4, 0.5) is 0 Å². The summed E-state index contributed by atoms with van der Waals surface area (Å²) in [5.74, 6) is 0. The Hall–Kier alpha value is -2.87. The van der Waals surface area contributed by atoms with E-state index in [4.69, 9.17) is 15.5 Å². The molecule has 0 unspecified atom stereocenters. The maximum atomic E-state index is 8.67. The second kappa shape index (κ2) is 11.8. The predicted molar refractivity (Wildman–Crippen MR) is 92.2 cm³/mol. The number of nitriles is 2. The lowest BCUT2D eigenvalue weighted by Crippen LogP contribution is -3.00. The highest BCUT2D eigenvalue weighted by molar-refractivity contribution is 5.09. The molecule has 0 saturated heterocycles. The Balaban J connectivity index is 0.00000196. The monoisotopic (exact) mass is 417 g/mol. The van der Waals surface area contributed by atoms with Crippen molar-refractivity contribution < 1.29 is 33.9 Å². The van der Waals surface area contributed by atoms with E-state index in [-0.39, 0.29) is 24.8 Å². The van der Waals surface area contributed by atoms with E-state index in [1.54, 1.807) is 0 Å². The first-order valence-corrected chi connectivity index (χ1v) is 8.55. The van der Waals surface area contributed by atoms with E-state index in [1.807, 2.05) is 64.8 Å². The van der Waals surface area contributed by atoms with Crippen molar-refractivity contribution in [3.63, 3.8) is 0 Å². The summed E-state index contributed by atoms with van der Waals surface area (Å²) in [6.45, 7) is 2.80. The summed E-state index contributed by atoms with van der Waals surface area (Å²) in [5, 5.41) is 17.3. The summed E-state index contributed by atoms with van der Waals surface area (Å²) in [6.07, 6.45) is 12.9. The van der Waals surface area contributed by atoms with Gasteiger partial charge in [-0.3, -0.25) is 0 Å². The van der Waals surface area contributed by atoms with Gasteiger partial charge in [-0.1, -0.05) is 6.07 Å². The quantitative estimate of drug-likeness (QED) is 0.345. The van der Waals surface area contributed by atoms with Gasteiger partial charge in [-0.25, -0.2) is 23.3 Å². The van der Waals surface area contributed by atoms with Crippen molar-refractivity contribution in [2.45, 2.75) is 39.0 Å². The molecule has 3 aromatic rings. The standard InChI is InChI=1S/C19H21N7.2ClH/c20-6-2-8-23-10-12-25(16-23)14-18-4-1-5-19(22-18)15-26-13-11-24(17-26)9-3-7-21;;/h1,4-5,10-13,16-17H,2-3,8-9,14-15H2;2*1H/q+2;;/p-2. The molecule has 3 rings (SSSR count). The topological polar surface area (TPSA) is 78.1 Å². The molecule has 0 amide bonds. The van der Waals surface area contributed by atoms with Crippen molar-refractivity contribution in [1.82, 2.24) is 14.1 Å². The lowest BCUT2D eigenvalue weighted by molar-refractivity contribution is -0.689. The minimum atomic E-state index is 0. The van der Waals surface area contributed by atoms with E-state index in [2.05, 4.69) is 21.3 Å². The van der Waals surface area contributed by atoms with E-state index < -0.39 is 0 Å². The average molecular weight is 418 g/mol. The molecule has 9 heteroatoms. The largest absolute Gasteiger partial charge is 1.00 e. The van der Waals surface area contributed by atoms with Crippen LogP contribution in [0, 0.1) is 22.7 Å². The lowest BCUT2D eigenvalue weighted by Gasteiger charge is -2.01. The first kappa shape index (κ1) is 23.2. The van der Waals surface area contributed by atoms with Crippen LogP contribution in [0.2, 0.25) is 0 Å². The van der Waals surface area contributed by atoms with Crippen molar-refractivity contribution in [1.29, 1.82) is 10.5 Å². The number of aromatic nitrogens is 5. The highest BCUT2D eigenvalue weighted by Crippen LogP contribution is 2.00. The second-order valence-corrected chi connectivity index (χ2v) is 6.08. The number of nitrogens with zero attached hydrogens (tertiary/aromatic N) is 7. The minimum absolute atomic E-state index is 0. The van der Waals surface area contributed by atoms with Crippen molar-refractivity contribution in [2.24, 2.45) is 0 Å². The molecule has 0 saturated carbocycles. The third-order valence-electron chi connectivity index (χ3n) is 4.01. The molecule has 28 heavy (non-hydrogen) atoms. The number of aryl methyl sites for hydroxylation is 2. The van der Waals surface area contributed by atoms with Crippen LogP contribution in [0.25, 0.3) is 0 Å². The second-order valence-electron chi connectivity index (χ2n) is 6.08. The van der Waals surface area contributed by atoms with Crippen LogP contribution >= 0.6 is 0 Å². The maximum absolute atomic E-state index is 8.67. The van der Waals surface area contributed by atoms with E-state index in [0.29, 0.717) is 39.0 Å². The Morgan fingerprint density at radius 2 is 1.29 bits per heavy atom. The molecular weight excluding hydrogens is 397 g/mol. The summed E-state index contributed by atoms with van der Waals surface area (Å²) in [4.78, 5) is 4.74. The molecule has 0 aliphatic rings. The minimum Gasteiger partial charge on any atom is -1.00 e. The molecule has 0 fully saturated rings. The van der Waals surface area contributed by atoms with Crippen LogP contribution < -0.4 is 33.9 Å². The number of imidazole rings is 2. The van der Waals surface area contributed by atoms with Gasteiger partial charge < -0.3 is 24.8 Å². The summed E-state index contributed by atoms with van der Waals surface area (Å²) < 4.78 is 8.14. The van der Waals surface area contributed by atoms with E-state index in [0.717, 1.165) is 11.4 Å². The first-order chi connectivity index (χ1) is 12.8. The maximum Gasteiger partial charge on any atom is 0.244 e. The fourth-order valence-corrected chi connectivity index (χ4v) is 2.77. The van der Waals surface area contributed by atoms with Gasteiger partial charge in [-0.05, 0) is 12.1 Å². The van der Waals surface area contributed by atoms with Gasteiger partial charge in [0.05, 0.1) is 36.4 Å². The molecular formula is C19H21Cl2N7. The highest BCUT2D eigenvalue weighted by atomic mass is 35.5. The third-order valence-corrected chi connectivity index (χ3v) is 4.01. The van der Waals surface area contributed by atoms with Crippen LogP contribution in [0.3, 0.4) is 0 Å². The zero-order chi connectivity index (χ0) is 18.2. The number of hydrogen-bond acceptors (Lipinski definition) is 3. The molecule has 146 valence electrons. The Morgan fingerprint density at radius 3 is 1.71 bits per heavy atom. The molecule has 0 atom stereocenters. The zero-order valence-corrected chi connectivity index (χ0v) is 16.8. The van der Waals surface area contributed by atoms with Crippen molar-refractivity contribution in [3.8, 4) is 12.1 Å². The van der Waals surface area contributed by atoms with E-state index >= 15 is 0 Å². The molecule has 0 aromatic carbocycles. The molecule has 7 nitrogen and oxygen atoms in total. The Morgan fingerprint density at radius 1 is 0.821 bits per heavy atom. The van der Waals surface area contributed by atoms with Gasteiger partial charge in [0.25, 0.3) is 0 Å². The fourth-order valence-electron chi connectivity index (χ4n) is 2.77. The molecule has 0 spiro atoms. The van der Waals surface area contributed by atoms with Crippen LogP contribution in [0.15, 0.2) is 55.6 Å². The van der Waals surface area contributed by atoms with Gasteiger partial charge in [-0.15, -0.1) is 0 Å². The van der Waals surface area contributed by atoms with Crippen molar-refractivity contribution >= 4 is 0 Å². The van der Waals surface area contributed by atoms with E-state index in [9.17, 15) is 0 Å². The summed E-state index contributed by atoms with van der Waals surface area (Å²) in [5.41, 5.74) is 1.99. The highest BCUT2D eigenvalue weighted by Gasteiger charge is 2.09. The molecule has 0 N–H and O–H groups in total. The van der Waals surface area contributed by atoms with Gasteiger partial charge in [0.2, 0.25) is 12.7 Å². The van der Waals surface area contributed by atoms with Gasteiger partial charge >= 0.3 is 0 Å². The van der Waals surface area contributed by atoms with Crippen molar-refractivity contribution in [3.05, 3.63) is 67.0 Å². The molecule has 0 aliphatic carbocycles. The van der Waals surface area contributed by atoms with Crippen LogP contribution in [-0.4, -0.2) is 14.1 Å². The van der Waals surface area contributed by atoms with Crippen molar-refractivity contribution in [2.75, 3.05) is 0 Å². The van der Waals surface area contributed by atoms with Crippen LogP contribution in [0.5, 0.6) is 0 Å². The Bertz CT molecular complexity index is 876. The first-order valence-electron chi connectivity index (χ1n) is 8.55. The van der Waals surface area contributed by atoms with Gasteiger partial charge in [-0.2, -0.15) is 10.5 Å². The number of pyridine rings is 1. The van der Waals surface area contributed by atoms with Crippen LogP contribution in [0.1, 0.15) is 24.2 Å². The lowest BCUT2D eigenvalue weighted by atomic mass is 10.3. The molecule has 0 radical (unpaired) electrons. The van der Waals surface area contributed by atoms with Crippen LogP contribution in [-0.2, 0) is 26.2 Å². The molecule has 3 heterocycles. The fraction of sp³-hybridized carbons (Fsp3) is 0.316. The van der Waals surface area contributed by atoms with E-state index in [1.165, 1.54) is 0 Å². The Kier molecular flexibility index (Phi) is 9.73. The van der Waals surface area contributed by atoms with Gasteiger partial charge in [0, 0.05) is 0 Å².